The van der Waals surface area contributed by atoms with E-state index in [0.717, 1.165) is 0 Å². The first kappa shape index (κ1) is 13.7. The van der Waals surface area contributed by atoms with Crippen molar-refractivity contribution < 1.29 is 23.8 Å². The number of anilines is 1. The first-order valence-corrected chi connectivity index (χ1v) is 5.79. The number of carboxylic acids is 1. The number of carbonyl (C=O) groups is 2. The summed E-state index contributed by atoms with van der Waals surface area (Å²) in [5.41, 5.74) is 0.700. The van der Waals surface area contributed by atoms with Crippen LogP contribution in [-0.4, -0.2) is 24.1 Å². The first-order valence-electron chi connectivity index (χ1n) is 5.79. The second kappa shape index (κ2) is 5.48. The highest BCUT2D eigenvalue weighted by Gasteiger charge is 2.14. The van der Waals surface area contributed by atoms with Gasteiger partial charge in [-0.1, -0.05) is 0 Å². The summed E-state index contributed by atoms with van der Waals surface area (Å²) in [5.74, 6) is -0.491. The van der Waals surface area contributed by atoms with Gasteiger partial charge in [0.15, 0.2) is 0 Å². The summed E-state index contributed by atoms with van der Waals surface area (Å²) < 4.78 is 10.1. The van der Waals surface area contributed by atoms with Crippen LogP contribution < -0.4 is 10.1 Å². The van der Waals surface area contributed by atoms with E-state index in [2.05, 4.69) is 5.32 Å². The summed E-state index contributed by atoms with van der Waals surface area (Å²) >= 11 is 0. The molecule has 2 rings (SSSR count). The fourth-order valence-electron chi connectivity index (χ4n) is 1.70. The van der Waals surface area contributed by atoms with Crippen molar-refractivity contribution in [3.8, 4) is 5.75 Å². The molecule has 0 aliphatic heterocycles. The number of aryl methyl sites for hydroxylation is 1. The van der Waals surface area contributed by atoms with E-state index in [-0.39, 0.29) is 11.3 Å². The van der Waals surface area contributed by atoms with Crippen LogP contribution in [0.25, 0.3) is 0 Å². The van der Waals surface area contributed by atoms with Crippen molar-refractivity contribution in [3.05, 3.63) is 47.4 Å². The van der Waals surface area contributed by atoms with Gasteiger partial charge in [0.1, 0.15) is 17.8 Å². The predicted molar refractivity (Wildman–Crippen MR) is 71.4 cm³/mol. The highest BCUT2D eigenvalue weighted by molar-refractivity contribution is 6.05. The molecule has 0 aliphatic rings. The van der Waals surface area contributed by atoms with Crippen LogP contribution in [0.4, 0.5) is 5.69 Å². The maximum atomic E-state index is 12.0. The fourth-order valence-corrected chi connectivity index (χ4v) is 1.70. The zero-order valence-corrected chi connectivity index (χ0v) is 11.0. The van der Waals surface area contributed by atoms with Gasteiger partial charge in [0.05, 0.1) is 23.9 Å². The van der Waals surface area contributed by atoms with Crippen LogP contribution >= 0.6 is 0 Å². The number of hydrogen-bond donors (Lipinski definition) is 2. The molecule has 0 fully saturated rings. The molecule has 1 heterocycles. The van der Waals surface area contributed by atoms with Crippen LogP contribution in [0.15, 0.2) is 34.9 Å². The van der Waals surface area contributed by atoms with Crippen LogP contribution in [0.2, 0.25) is 0 Å². The minimum Gasteiger partial charge on any atom is -0.495 e. The van der Waals surface area contributed by atoms with E-state index in [0.29, 0.717) is 17.1 Å². The Bertz CT molecular complexity index is 659. The molecule has 0 aliphatic carbocycles. The number of hydrogen-bond acceptors (Lipinski definition) is 4. The Kier molecular flexibility index (Phi) is 3.74. The van der Waals surface area contributed by atoms with Crippen molar-refractivity contribution in [2.75, 3.05) is 12.4 Å². The van der Waals surface area contributed by atoms with E-state index in [1.165, 1.54) is 31.6 Å². The molecule has 0 spiro atoms. The molecule has 1 aromatic carbocycles. The largest absolute Gasteiger partial charge is 0.495 e. The van der Waals surface area contributed by atoms with Crippen LogP contribution in [0, 0.1) is 6.92 Å². The van der Waals surface area contributed by atoms with Gasteiger partial charge >= 0.3 is 5.97 Å². The smallest absolute Gasteiger partial charge is 0.335 e. The minimum absolute atomic E-state index is 0.0597. The van der Waals surface area contributed by atoms with E-state index in [1.807, 2.05) is 0 Å². The number of methoxy groups -OCH3 is 1. The van der Waals surface area contributed by atoms with E-state index < -0.39 is 11.9 Å². The van der Waals surface area contributed by atoms with Gasteiger partial charge in [-0.05, 0) is 31.2 Å². The van der Waals surface area contributed by atoms with Gasteiger partial charge in [0, 0.05) is 0 Å². The van der Waals surface area contributed by atoms with E-state index in [4.69, 9.17) is 14.3 Å². The molecule has 104 valence electrons. The van der Waals surface area contributed by atoms with Crippen LogP contribution in [0.3, 0.4) is 0 Å². The normalized spacial score (nSPS) is 10.1. The van der Waals surface area contributed by atoms with Crippen molar-refractivity contribution in [3.63, 3.8) is 0 Å². The van der Waals surface area contributed by atoms with Crippen LogP contribution in [-0.2, 0) is 0 Å². The zero-order valence-electron chi connectivity index (χ0n) is 11.0. The molecule has 0 atom stereocenters. The second-order valence-corrected chi connectivity index (χ2v) is 4.12. The van der Waals surface area contributed by atoms with E-state index >= 15 is 0 Å². The Morgan fingerprint density at radius 2 is 2.00 bits per heavy atom. The summed E-state index contributed by atoms with van der Waals surface area (Å²) in [7, 11) is 1.44. The summed E-state index contributed by atoms with van der Waals surface area (Å²) in [4.78, 5) is 22.9. The number of ether oxygens (including phenoxy) is 1. The number of amides is 1. The van der Waals surface area contributed by atoms with Crippen molar-refractivity contribution >= 4 is 17.6 Å². The number of furan rings is 1. The zero-order chi connectivity index (χ0) is 14.7. The van der Waals surface area contributed by atoms with E-state index in [9.17, 15) is 9.59 Å². The average Bonchev–Trinajstić information content (AvgIpc) is 2.85. The highest BCUT2D eigenvalue weighted by Crippen LogP contribution is 2.26. The fraction of sp³-hybridized carbons (Fsp3) is 0.143. The molecule has 0 bridgehead atoms. The SMILES string of the molecule is COc1ccc(C(=O)O)cc1NC(=O)c1coc(C)c1. The summed E-state index contributed by atoms with van der Waals surface area (Å²) in [5, 5.41) is 11.6. The molecule has 2 N–H and O–H groups in total. The third kappa shape index (κ3) is 2.80. The predicted octanol–water partition coefficient (Wildman–Crippen LogP) is 2.55. The Labute approximate surface area is 115 Å². The van der Waals surface area contributed by atoms with Crippen molar-refractivity contribution in [2.45, 2.75) is 6.92 Å². The second-order valence-electron chi connectivity index (χ2n) is 4.12. The molecular weight excluding hydrogens is 262 g/mol. The highest BCUT2D eigenvalue weighted by atomic mass is 16.5. The maximum absolute atomic E-state index is 12.0. The first-order chi connectivity index (χ1) is 9.51. The standard InChI is InChI=1S/C14H13NO5/c1-8-5-10(7-20-8)13(16)15-11-6-9(14(17)18)3-4-12(11)19-2/h3-7H,1-2H3,(H,15,16)(H,17,18). The molecule has 0 unspecified atom stereocenters. The molecule has 0 saturated heterocycles. The van der Waals surface area contributed by atoms with Crippen molar-refractivity contribution in [1.29, 1.82) is 0 Å². The number of benzene rings is 1. The lowest BCUT2D eigenvalue weighted by molar-refractivity contribution is 0.0696. The lowest BCUT2D eigenvalue weighted by Crippen LogP contribution is -2.12. The molecule has 0 saturated carbocycles. The Hall–Kier alpha value is -2.76. The number of carbonyl (C=O) groups excluding carboxylic acids is 1. The molecule has 6 heteroatoms. The molecule has 0 radical (unpaired) electrons. The van der Waals surface area contributed by atoms with Crippen LogP contribution in [0.1, 0.15) is 26.5 Å². The Morgan fingerprint density at radius 1 is 1.25 bits per heavy atom. The van der Waals surface area contributed by atoms with Gasteiger partial charge < -0.3 is 19.6 Å². The van der Waals surface area contributed by atoms with Gasteiger partial charge in [-0.2, -0.15) is 0 Å². The molecule has 6 nitrogen and oxygen atoms in total. The van der Waals surface area contributed by atoms with Gasteiger partial charge in [-0.15, -0.1) is 0 Å². The lowest BCUT2D eigenvalue weighted by atomic mass is 10.1. The van der Waals surface area contributed by atoms with Gasteiger partial charge in [-0.3, -0.25) is 4.79 Å². The van der Waals surface area contributed by atoms with Crippen LogP contribution in [0.5, 0.6) is 5.75 Å². The molecular formula is C14H13NO5. The van der Waals surface area contributed by atoms with E-state index in [1.54, 1.807) is 13.0 Å². The summed E-state index contributed by atoms with van der Waals surface area (Å²) in [6.07, 6.45) is 1.33. The molecule has 2 aromatic rings. The third-order valence-corrected chi connectivity index (χ3v) is 2.69. The number of nitrogens with one attached hydrogen (secondary N) is 1. The number of carboxylic acid groups (broad SMARTS) is 1. The molecule has 1 aromatic heterocycles. The van der Waals surface area contributed by atoms with Gasteiger partial charge in [-0.25, -0.2) is 4.79 Å². The number of aromatic carboxylic acids is 1. The summed E-state index contributed by atoms with van der Waals surface area (Å²) in [6.45, 7) is 1.72. The molecule has 1 amide bonds. The number of rotatable bonds is 4. The third-order valence-electron chi connectivity index (χ3n) is 2.69. The quantitative estimate of drug-likeness (QED) is 0.895. The topological polar surface area (TPSA) is 88.8 Å². The summed E-state index contributed by atoms with van der Waals surface area (Å²) in [6, 6.07) is 5.81. The van der Waals surface area contributed by atoms with Crippen molar-refractivity contribution in [1.82, 2.24) is 0 Å². The Morgan fingerprint density at radius 3 is 2.55 bits per heavy atom. The van der Waals surface area contributed by atoms with Crippen molar-refractivity contribution in [2.24, 2.45) is 0 Å². The lowest BCUT2D eigenvalue weighted by Gasteiger charge is -2.10. The van der Waals surface area contributed by atoms with Gasteiger partial charge in [0.25, 0.3) is 5.91 Å². The van der Waals surface area contributed by atoms with Gasteiger partial charge in [0.2, 0.25) is 0 Å². The maximum Gasteiger partial charge on any atom is 0.335 e. The minimum atomic E-state index is -1.08. The molecule has 20 heavy (non-hydrogen) atoms. The monoisotopic (exact) mass is 275 g/mol. The average molecular weight is 275 g/mol. The Balaban J connectivity index is 2.29.